The summed E-state index contributed by atoms with van der Waals surface area (Å²) in [4.78, 5) is 12.9. The van der Waals surface area contributed by atoms with E-state index in [1.165, 1.54) is 0 Å². The van der Waals surface area contributed by atoms with Gasteiger partial charge >= 0.3 is 0 Å². The highest BCUT2D eigenvalue weighted by molar-refractivity contribution is 6.30. The number of ether oxygens (including phenoxy) is 1. The Hall–Kier alpha value is -3.24. The molecule has 5 heteroatoms. The molecule has 4 nitrogen and oxygen atoms in total. The van der Waals surface area contributed by atoms with Crippen LogP contribution >= 0.6 is 11.6 Å². The van der Waals surface area contributed by atoms with Gasteiger partial charge in [0.15, 0.2) is 0 Å². The Kier molecular flexibility index (Phi) is 6.05. The lowest BCUT2D eigenvalue weighted by atomic mass is 10.1. The van der Waals surface area contributed by atoms with Gasteiger partial charge in [0.1, 0.15) is 5.75 Å². The van der Waals surface area contributed by atoms with Crippen LogP contribution in [0.4, 0.5) is 0 Å². The van der Waals surface area contributed by atoms with E-state index in [-0.39, 0.29) is 5.91 Å². The molecule has 1 heterocycles. The molecule has 30 heavy (non-hydrogen) atoms. The first-order valence-electron chi connectivity index (χ1n) is 9.88. The van der Waals surface area contributed by atoms with Gasteiger partial charge in [-0.15, -0.1) is 0 Å². The van der Waals surface area contributed by atoms with E-state index in [2.05, 4.69) is 9.88 Å². The highest BCUT2D eigenvalue weighted by Gasteiger charge is 2.15. The van der Waals surface area contributed by atoms with Crippen molar-refractivity contribution in [2.75, 3.05) is 13.7 Å². The van der Waals surface area contributed by atoms with Gasteiger partial charge in [0.05, 0.1) is 12.7 Å². The molecule has 0 radical (unpaired) electrons. The number of methoxy groups -OCH3 is 1. The fourth-order valence-electron chi connectivity index (χ4n) is 3.66. The summed E-state index contributed by atoms with van der Waals surface area (Å²) in [5, 5.41) is 4.71. The summed E-state index contributed by atoms with van der Waals surface area (Å²) in [5.74, 6) is 0.766. The molecule has 3 aromatic carbocycles. The van der Waals surface area contributed by atoms with Crippen LogP contribution in [0.2, 0.25) is 5.02 Å². The first kappa shape index (κ1) is 20.0. The van der Waals surface area contributed by atoms with Crippen LogP contribution in [0.1, 0.15) is 21.5 Å². The molecule has 4 aromatic rings. The van der Waals surface area contributed by atoms with E-state index >= 15 is 0 Å². The van der Waals surface area contributed by atoms with Gasteiger partial charge in [-0.3, -0.25) is 4.79 Å². The molecule has 0 spiro atoms. The standard InChI is InChI=1S/C25H23ClN2O2/c1-30-24-9-5-2-6-19(24)14-15-27-25(29)22-17-28(23-8-4-3-7-21(22)23)16-18-10-12-20(26)13-11-18/h2-13,17H,14-16H2,1H3,(H,27,29). The first-order chi connectivity index (χ1) is 14.7. The van der Waals surface area contributed by atoms with E-state index < -0.39 is 0 Å². The monoisotopic (exact) mass is 418 g/mol. The molecule has 0 atom stereocenters. The number of nitrogens with one attached hydrogen (secondary N) is 1. The second kappa shape index (κ2) is 9.06. The Labute approximate surface area is 181 Å². The molecule has 0 saturated heterocycles. The summed E-state index contributed by atoms with van der Waals surface area (Å²) >= 11 is 6.00. The van der Waals surface area contributed by atoms with Gasteiger partial charge in [-0.2, -0.15) is 0 Å². The van der Waals surface area contributed by atoms with Crippen molar-refractivity contribution in [3.63, 3.8) is 0 Å². The van der Waals surface area contributed by atoms with Gasteiger partial charge in [0.25, 0.3) is 5.91 Å². The summed E-state index contributed by atoms with van der Waals surface area (Å²) < 4.78 is 7.49. The summed E-state index contributed by atoms with van der Waals surface area (Å²) in [7, 11) is 1.66. The maximum absolute atomic E-state index is 12.9. The second-order valence-corrected chi connectivity index (χ2v) is 7.57. The smallest absolute Gasteiger partial charge is 0.253 e. The molecular weight excluding hydrogens is 396 g/mol. The third-order valence-electron chi connectivity index (χ3n) is 5.17. The van der Waals surface area contributed by atoms with Crippen molar-refractivity contribution in [3.05, 3.63) is 101 Å². The average Bonchev–Trinajstić information content (AvgIpc) is 3.14. The van der Waals surface area contributed by atoms with Crippen LogP contribution in [0.5, 0.6) is 5.75 Å². The van der Waals surface area contributed by atoms with Crippen molar-refractivity contribution in [2.24, 2.45) is 0 Å². The first-order valence-corrected chi connectivity index (χ1v) is 10.3. The molecule has 0 aliphatic rings. The summed E-state index contributed by atoms with van der Waals surface area (Å²) in [6.45, 7) is 1.21. The number of carbonyl (C=O) groups is 1. The SMILES string of the molecule is COc1ccccc1CCNC(=O)c1cn(Cc2ccc(Cl)cc2)c2ccccc12. The van der Waals surface area contributed by atoms with E-state index in [0.29, 0.717) is 30.1 Å². The van der Waals surface area contributed by atoms with Crippen molar-refractivity contribution < 1.29 is 9.53 Å². The molecule has 0 saturated carbocycles. The van der Waals surface area contributed by atoms with E-state index in [1.54, 1.807) is 7.11 Å². The number of carbonyl (C=O) groups excluding carboxylic acids is 1. The van der Waals surface area contributed by atoms with E-state index in [1.807, 2.05) is 79.0 Å². The number of hydrogen-bond donors (Lipinski definition) is 1. The predicted molar refractivity (Wildman–Crippen MR) is 122 cm³/mol. The number of para-hydroxylation sites is 2. The van der Waals surface area contributed by atoms with E-state index in [4.69, 9.17) is 16.3 Å². The van der Waals surface area contributed by atoms with Crippen LogP contribution in [0, 0.1) is 0 Å². The number of rotatable bonds is 7. The van der Waals surface area contributed by atoms with Crippen molar-refractivity contribution >= 4 is 28.4 Å². The molecule has 0 fully saturated rings. The van der Waals surface area contributed by atoms with Gasteiger partial charge in [-0.1, -0.05) is 60.1 Å². The zero-order valence-electron chi connectivity index (χ0n) is 16.8. The largest absolute Gasteiger partial charge is 0.496 e. The van der Waals surface area contributed by atoms with Crippen molar-refractivity contribution in [1.82, 2.24) is 9.88 Å². The molecular formula is C25H23ClN2O2. The van der Waals surface area contributed by atoms with Crippen molar-refractivity contribution in [3.8, 4) is 5.75 Å². The highest BCUT2D eigenvalue weighted by atomic mass is 35.5. The topological polar surface area (TPSA) is 43.3 Å². The van der Waals surface area contributed by atoms with Gasteiger partial charge in [0.2, 0.25) is 0 Å². The Balaban J connectivity index is 1.52. The molecule has 0 unspecified atom stereocenters. The molecule has 0 aliphatic carbocycles. The van der Waals surface area contributed by atoms with Crippen LogP contribution in [-0.4, -0.2) is 24.1 Å². The van der Waals surface area contributed by atoms with Crippen LogP contribution in [0.3, 0.4) is 0 Å². The van der Waals surface area contributed by atoms with Crippen LogP contribution < -0.4 is 10.1 Å². The minimum absolute atomic E-state index is 0.0732. The molecule has 0 bridgehead atoms. The van der Waals surface area contributed by atoms with Crippen LogP contribution in [-0.2, 0) is 13.0 Å². The predicted octanol–water partition coefficient (Wildman–Crippen LogP) is 5.32. The molecule has 152 valence electrons. The maximum atomic E-state index is 12.9. The van der Waals surface area contributed by atoms with Gasteiger partial charge < -0.3 is 14.6 Å². The second-order valence-electron chi connectivity index (χ2n) is 7.13. The number of aromatic nitrogens is 1. The number of amides is 1. The minimum atomic E-state index is -0.0732. The fraction of sp³-hybridized carbons (Fsp3) is 0.160. The molecule has 1 aromatic heterocycles. The number of benzene rings is 3. The lowest BCUT2D eigenvalue weighted by Crippen LogP contribution is -2.25. The zero-order chi connectivity index (χ0) is 20.9. The molecule has 0 aliphatic heterocycles. The summed E-state index contributed by atoms with van der Waals surface area (Å²) in [6.07, 6.45) is 2.64. The normalized spacial score (nSPS) is 10.9. The van der Waals surface area contributed by atoms with E-state index in [9.17, 15) is 4.79 Å². The van der Waals surface area contributed by atoms with Crippen LogP contribution in [0.25, 0.3) is 10.9 Å². The number of halogens is 1. The molecule has 1 N–H and O–H groups in total. The Bertz CT molecular complexity index is 1170. The Morgan fingerprint density at radius 2 is 1.73 bits per heavy atom. The third-order valence-corrected chi connectivity index (χ3v) is 5.42. The highest BCUT2D eigenvalue weighted by Crippen LogP contribution is 2.23. The Morgan fingerprint density at radius 3 is 2.53 bits per heavy atom. The van der Waals surface area contributed by atoms with Gasteiger partial charge in [-0.25, -0.2) is 0 Å². The van der Waals surface area contributed by atoms with Crippen molar-refractivity contribution in [2.45, 2.75) is 13.0 Å². The Morgan fingerprint density at radius 1 is 1.00 bits per heavy atom. The summed E-state index contributed by atoms with van der Waals surface area (Å²) in [6, 6.07) is 23.6. The van der Waals surface area contributed by atoms with E-state index in [0.717, 1.165) is 27.8 Å². The van der Waals surface area contributed by atoms with Gasteiger partial charge in [-0.05, 0) is 41.8 Å². The third kappa shape index (κ3) is 4.34. The molecule has 1 amide bonds. The quantitative estimate of drug-likeness (QED) is 0.441. The number of nitrogens with zero attached hydrogens (tertiary/aromatic N) is 1. The lowest BCUT2D eigenvalue weighted by molar-refractivity contribution is 0.0955. The van der Waals surface area contributed by atoms with Crippen molar-refractivity contribution in [1.29, 1.82) is 0 Å². The molecule has 4 rings (SSSR count). The van der Waals surface area contributed by atoms with Crippen LogP contribution in [0.15, 0.2) is 79.0 Å². The minimum Gasteiger partial charge on any atom is -0.496 e. The fourth-order valence-corrected chi connectivity index (χ4v) is 3.79. The number of fused-ring (bicyclic) bond motifs is 1. The maximum Gasteiger partial charge on any atom is 0.253 e. The number of hydrogen-bond acceptors (Lipinski definition) is 2. The van der Waals surface area contributed by atoms with Gasteiger partial charge in [0, 0.05) is 35.2 Å². The lowest BCUT2D eigenvalue weighted by Gasteiger charge is -2.09. The zero-order valence-corrected chi connectivity index (χ0v) is 17.5. The summed E-state index contributed by atoms with van der Waals surface area (Å²) in [5.41, 5.74) is 3.91. The average molecular weight is 419 g/mol.